The number of benzene rings is 1. The van der Waals surface area contributed by atoms with Gasteiger partial charge in [0.05, 0.1) is 11.5 Å². The van der Waals surface area contributed by atoms with E-state index >= 15 is 0 Å². The molecule has 0 atom stereocenters. The van der Waals surface area contributed by atoms with Crippen LogP contribution in [0.1, 0.15) is 26.3 Å². The van der Waals surface area contributed by atoms with Gasteiger partial charge in [0, 0.05) is 0 Å². The first-order valence-corrected chi connectivity index (χ1v) is 7.46. The first-order valence-electron chi connectivity index (χ1n) is 6.02. The van der Waals surface area contributed by atoms with E-state index < -0.39 is 21.7 Å². The number of esters is 1. The quantitative estimate of drug-likeness (QED) is 0.660. The number of ether oxygens (including phenoxy) is 2. The smallest absolute Gasteiger partial charge is 0.349 e. The predicted molar refractivity (Wildman–Crippen MR) is 72.3 cm³/mol. The summed E-state index contributed by atoms with van der Waals surface area (Å²) in [6, 6.07) is 3.87. The molecule has 0 fully saturated rings. The van der Waals surface area contributed by atoms with E-state index in [2.05, 4.69) is 0 Å². The molecule has 20 heavy (non-hydrogen) atoms. The topological polar surface area (TPSA) is 89.9 Å². The average Bonchev–Trinajstić information content (AvgIpc) is 2.30. The first kappa shape index (κ1) is 16.5. The summed E-state index contributed by atoms with van der Waals surface area (Å²) in [6.45, 7) is 6.67. The average molecular weight is 302 g/mol. The molecule has 0 aliphatic carbocycles. The normalized spacial score (nSPS) is 12.1. The van der Waals surface area contributed by atoms with Crippen molar-refractivity contribution in [1.29, 1.82) is 0 Å². The van der Waals surface area contributed by atoms with Crippen LogP contribution in [0.15, 0.2) is 23.1 Å². The van der Waals surface area contributed by atoms with Crippen molar-refractivity contribution in [3.8, 4) is 5.75 Å². The maximum Gasteiger partial charge on any atom is 0.349 e. The van der Waals surface area contributed by atoms with Gasteiger partial charge in [0.25, 0.3) is 10.1 Å². The lowest BCUT2D eigenvalue weighted by atomic mass is 10.1. The van der Waals surface area contributed by atoms with Crippen molar-refractivity contribution >= 4 is 16.1 Å². The summed E-state index contributed by atoms with van der Waals surface area (Å²) in [5, 5.41) is 0. The third kappa shape index (κ3) is 3.94. The minimum absolute atomic E-state index is 0.226. The van der Waals surface area contributed by atoms with Crippen LogP contribution in [0, 0.1) is 6.92 Å². The van der Waals surface area contributed by atoms with E-state index in [4.69, 9.17) is 14.0 Å². The van der Waals surface area contributed by atoms with Crippen molar-refractivity contribution in [3.05, 3.63) is 23.8 Å². The van der Waals surface area contributed by atoms with Crippen LogP contribution < -0.4 is 4.74 Å². The Morgan fingerprint density at radius 2 is 1.95 bits per heavy atom. The molecule has 0 bridgehead atoms. The second-order valence-corrected chi connectivity index (χ2v) is 6.16. The lowest BCUT2D eigenvalue weighted by Gasteiger charge is -2.25. The summed E-state index contributed by atoms with van der Waals surface area (Å²) in [5.74, 6) is -0.172. The highest BCUT2D eigenvalue weighted by molar-refractivity contribution is 7.85. The van der Waals surface area contributed by atoms with Crippen LogP contribution in [-0.2, 0) is 19.6 Å². The fraction of sp³-hybridized carbons (Fsp3) is 0.462. The fourth-order valence-corrected chi connectivity index (χ4v) is 2.08. The second kappa shape index (κ2) is 5.80. The van der Waals surface area contributed by atoms with Gasteiger partial charge in [-0.25, -0.2) is 4.79 Å². The van der Waals surface area contributed by atoms with Crippen molar-refractivity contribution in [2.75, 3.05) is 6.61 Å². The second-order valence-electron chi connectivity index (χ2n) is 4.74. The molecule has 0 spiro atoms. The van der Waals surface area contributed by atoms with E-state index in [-0.39, 0.29) is 11.5 Å². The maximum absolute atomic E-state index is 11.7. The molecule has 0 saturated heterocycles. The number of hydrogen-bond acceptors (Lipinski definition) is 5. The number of carbonyl (C=O) groups excluding carboxylic acids is 1. The molecule has 0 aliphatic rings. The maximum atomic E-state index is 11.7. The zero-order valence-corrected chi connectivity index (χ0v) is 12.7. The Labute approximate surface area is 118 Å². The molecule has 6 nitrogen and oxygen atoms in total. The van der Waals surface area contributed by atoms with Gasteiger partial charge in [0.2, 0.25) is 0 Å². The Morgan fingerprint density at radius 3 is 2.40 bits per heavy atom. The van der Waals surface area contributed by atoms with Crippen LogP contribution in [0.5, 0.6) is 5.75 Å². The molecule has 112 valence electrons. The molecule has 1 aromatic carbocycles. The Kier molecular flexibility index (Phi) is 4.77. The fourth-order valence-electron chi connectivity index (χ4n) is 1.52. The van der Waals surface area contributed by atoms with Crippen LogP contribution in [-0.4, -0.2) is 31.1 Å². The van der Waals surface area contributed by atoms with E-state index in [1.165, 1.54) is 18.2 Å². The molecule has 7 heteroatoms. The number of hydrogen-bond donors (Lipinski definition) is 1. The number of rotatable bonds is 5. The molecule has 0 aromatic heterocycles. The SMILES string of the molecule is CCOC(=O)C(C)(C)Oc1ccc(S(=O)(=O)O)cc1C. The molecule has 0 saturated carbocycles. The first-order chi connectivity index (χ1) is 9.08. The predicted octanol–water partition coefficient (Wildman–Crippen LogP) is 1.96. The van der Waals surface area contributed by atoms with Crippen LogP contribution in [0.25, 0.3) is 0 Å². The zero-order chi connectivity index (χ0) is 15.6. The zero-order valence-electron chi connectivity index (χ0n) is 11.8. The third-order valence-electron chi connectivity index (χ3n) is 2.58. The van der Waals surface area contributed by atoms with Gasteiger partial charge < -0.3 is 9.47 Å². The largest absolute Gasteiger partial charge is 0.476 e. The van der Waals surface area contributed by atoms with Gasteiger partial charge in [-0.3, -0.25) is 4.55 Å². The summed E-state index contributed by atoms with van der Waals surface area (Å²) in [5.41, 5.74) is -0.710. The number of carbonyl (C=O) groups is 1. The Balaban J connectivity index is 3.03. The van der Waals surface area contributed by atoms with Gasteiger partial charge in [-0.05, 0) is 51.5 Å². The van der Waals surface area contributed by atoms with Crippen LogP contribution >= 0.6 is 0 Å². The van der Waals surface area contributed by atoms with Gasteiger partial charge in [-0.1, -0.05) is 0 Å². The molecule has 0 heterocycles. The lowest BCUT2D eigenvalue weighted by Crippen LogP contribution is -2.39. The molecule has 1 rings (SSSR count). The van der Waals surface area contributed by atoms with Crippen LogP contribution in [0.2, 0.25) is 0 Å². The summed E-state index contributed by atoms with van der Waals surface area (Å²) in [7, 11) is -4.26. The van der Waals surface area contributed by atoms with E-state index in [0.29, 0.717) is 11.3 Å². The molecule has 0 unspecified atom stereocenters. The van der Waals surface area contributed by atoms with Crippen molar-refractivity contribution in [2.45, 2.75) is 38.2 Å². The van der Waals surface area contributed by atoms with Gasteiger partial charge in [0.1, 0.15) is 5.75 Å². The highest BCUT2D eigenvalue weighted by Gasteiger charge is 2.32. The third-order valence-corrected chi connectivity index (χ3v) is 3.43. The molecule has 0 radical (unpaired) electrons. The Morgan fingerprint density at radius 1 is 1.35 bits per heavy atom. The van der Waals surface area contributed by atoms with Gasteiger partial charge in [0.15, 0.2) is 5.60 Å². The summed E-state index contributed by atoms with van der Waals surface area (Å²) >= 11 is 0. The monoisotopic (exact) mass is 302 g/mol. The van der Waals surface area contributed by atoms with Crippen molar-refractivity contribution in [2.24, 2.45) is 0 Å². The van der Waals surface area contributed by atoms with Crippen molar-refractivity contribution in [1.82, 2.24) is 0 Å². The summed E-state index contributed by atoms with van der Waals surface area (Å²) in [4.78, 5) is 11.5. The van der Waals surface area contributed by atoms with Gasteiger partial charge in [-0.2, -0.15) is 8.42 Å². The minimum Gasteiger partial charge on any atom is -0.476 e. The van der Waals surface area contributed by atoms with E-state index in [1.54, 1.807) is 27.7 Å². The van der Waals surface area contributed by atoms with E-state index in [0.717, 1.165) is 0 Å². The molecule has 1 N–H and O–H groups in total. The molecular formula is C13H18O6S. The highest BCUT2D eigenvalue weighted by Crippen LogP contribution is 2.26. The van der Waals surface area contributed by atoms with Crippen molar-refractivity contribution < 1.29 is 27.2 Å². The van der Waals surface area contributed by atoms with Crippen molar-refractivity contribution in [3.63, 3.8) is 0 Å². The van der Waals surface area contributed by atoms with Gasteiger partial charge >= 0.3 is 5.97 Å². The Bertz CT molecular complexity index is 603. The van der Waals surface area contributed by atoms with E-state index in [1.807, 2.05) is 0 Å². The number of aryl methyl sites for hydroxylation is 1. The van der Waals surface area contributed by atoms with Gasteiger partial charge in [-0.15, -0.1) is 0 Å². The molecule has 0 aliphatic heterocycles. The van der Waals surface area contributed by atoms with Crippen LogP contribution in [0.3, 0.4) is 0 Å². The highest BCUT2D eigenvalue weighted by atomic mass is 32.2. The summed E-state index contributed by atoms with van der Waals surface area (Å²) in [6.07, 6.45) is 0. The lowest BCUT2D eigenvalue weighted by molar-refractivity contribution is -0.158. The summed E-state index contributed by atoms with van der Waals surface area (Å²) < 4.78 is 41.4. The standard InChI is InChI=1S/C13H18O6S/c1-5-18-12(14)13(3,4)19-11-7-6-10(8-9(11)2)20(15,16)17/h6-8H,5H2,1-4H3,(H,15,16,17). The van der Waals surface area contributed by atoms with Crippen LogP contribution in [0.4, 0.5) is 0 Å². The molecule has 0 amide bonds. The van der Waals surface area contributed by atoms with E-state index in [9.17, 15) is 13.2 Å². The minimum atomic E-state index is -4.26. The Hall–Kier alpha value is -1.60. The molecular weight excluding hydrogens is 284 g/mol. The molecule has 1 aromatic rings.